The summed E-state index contributed by atoms with van der Waals surface area (Å²) in [5.41, 5.74) is 3.46. The number of aromatic nitrogens is 1. The number of benzene rings is 1. The third-order valence-corrected chi connectivity index (χ3v) is 4.93. The Kier molecular flexibility index (Phi) is 10.7. The Balaban J connectivity index is 1.77. The van der Waals surface area contributed by atoms with Gasteiger partial charge in [0.1, 0.15) is 12.4 Å². The van der Waals surface area contributed by atoms with Gasteiger partial charge in [-0.2, -0.15) is 0 Å². The number of ether oxygens (including phenoxy) is 2. The van der Waals surface area contributed by atoms with E-state index in [-0.39, 0.29) is 6.10 Å². The summed E-state index contributed by atoms with van der Waals surface area (Å²) < 4.78 is 11.6. The molecule has 2 aromatic rings. The Morgan fingerprint density at radius 2 is 1.61 bits per heavy atom. The predicted octanol–water partition coefficient (Wildman–Crippen LogP) is 6.85. The van der Waals surface area contributed by atoms with Crippen molar-refractivity contribution >= 4 is 0 Å². The number of hydrogen-bond donors (Lipinski definition) is 0. The first kappa shape index (κ1) is 22.4. The van der Waals surface area contributed by atoms with Gasteiger partial charge in [0.05, 0.1) is 11.8 Å². The molecule has 0 bridgehead atoms. The second-order valence-corrected chi connectivity index (χ2v) is 7.59. The summed E-state index contributed by atoms with van der Waals surface area (Å²) >= 11 is 0. The molecule has 1 aromatic heterocycles. The maximum absolute atomic E-state index is 5.84. The number of pyridine rings is 1. The third-order valence-electron chi connectivity index (χ3n) is 4.93. The summed E-state index contributed by atoms with van der Waals surface area (Å²) in [6.07, 6.45) is 12.1. The zero-order valence-corrected chi connectivity index (χ0v) is 18.0. The lowest BCUT2D eigenvalue weighted by Gasteiger charge is -2.14. The third kappa shape index (κ3) is 8.43. The maximum atomic E-state index is 5.84. The van der Waals surface area contributed by atoms with E-state index < -0.39 is 0 Å². The normalized spacial score (nSPS) is 12.1. The van der Waals surface area contributed by atoms with Crippen molar-refractivity contribution in [3.8, 4) is 17.0 Å². The molecular weight excluding hydrogens is 346 g/mol. The summed E-state index contributed by atoms with van der Waals surface area (Å²) in [5.74, 6) is 0.874. The molecule has 3 nitrogen and oxygen atoms in total. The van der Waals surface area contributed by atoms with Gasteiger partial charge in [0.15, 0.2) is 0 Å². The summed E-state index contributed by atoms with van der Waals surface area (Å²) in [5, 5.41) is 0. The number of rotatable bonds is 14. The number of unbranched alkanes of at least 4 members (excludes halogenated alkanes) is 5. The van der Waals surface area contributed by atoms with E-state index in [1.807, 2.05) is 18.3 Å². The number of hydrogen-bond acceptors (Lipinski definition) is 3. The second kappa shape index (κ2) is 13.3. The van der Waals surface area contributed by atoms with E-state index >= 15 is 0 Å². The van der Waals surface area contributed by atoms with E-state index in [1.165, 1.54) is 37.7 Å². The molecule has 0 saturated heterocycles. The molecule has 1 atom stereocenters. The fraction of sp³-hybridized carbons (Fsp3) is 0.560. The Morgan fingerprint density at radius 3 is 2.29 bits per heavy atom. The van der Waals surface area contributed by atoms with E-state index in [2.05, 4.69) is 50.0 Å². The molecule has 0 N–H and O–H groups in total. The van der Waals surface area contributed by atoms with Crippen LogP contribution in [0.5, 0.6) is 5.75 Å². The van der Waals surface area contributed by atoms with Gasteiger partial charge in [-0.15, -0.1) is 0 Å². The molecule has 0 amide bonds. The van der Waals surface area contributed by atoms with Crippen LogP contribution in [0, 0.1) is 0 Å². The Labute approximate surface area is 171 Å². The highest BCUT2D eigenvalue weighted by Crippen LogP contribution is 2.21. The Hall–Kier alpha value is -1.87. The first-order chi connectivity index (χ1) is 13.7. The summed E-state index contributed by atoms with van der Waals surface area (Å²) in [7, 11) is 0. The average Bonchev–Trinajstić information content (AvgIpc) is 2.73. The topological polar surface area (TPSA) is 31.4 Å². The molecule has 0 aliphatic carbocycles. The molecule has 0 aliphatic heterocycles. The highest BCUT2D eigenvalue weighted by molar-refractivity contribution is 5.60. The van der Waals surface area contributed by atoms with Crippen LogP contribution in [0.15, 0.2) is 42.6 Å². The van der Waals surface area contributed by atoms with Crippen molar-refractivity contribution in [1.29, 1.82) is 0 Å². The lowest BCUT2D eigenvalue weighted by molar-refractivity contribution is 0.0309. The molecule has 0 spiro atoms. The van der Waals surface area contributed by atoms with Crippen LogP contribution in [0.1, 0.15) is 71.3 Å². The molecule has 0 saturated carbocycles. The molecule has 1 aromatic carbocycles. The van der Waals surface area contributed by atoms with Crippen LogP contribution in [0.25, 0.3) is 11.3 Å². The number of aryl methyl sites for hydroxylation is 1. The van der Waals surface area contributed by atoms with Gasteiger partial charge in [-0.1, -0.05) is 52.0 Å². The average molecular weight is 384 g/mol. The molecule has 0 aliphatic rings. The standard InChI is InChI=1S/C25H37NO2/c1-4-6-8-9-10-11-22-12-17-25(26-19-22)23-13-15-24(16-14-23)28-20-21(3)27-18-7-5-2/h12-17,19,21H,4-11,18,20H2,1-3H3. The fourth-order valence-electron chi connectivity index (χ4n) is 3.09. The molecule has 3 heteroatoms. The van der Waals surface area contributed by atoms with Gasteiger partial charge < -0.3 is 9.47 Å². The van der Waals surface area contributed by atoms with Crippen LogP contribution >= 0.6 is 0 Å². The van der Waals surface area contributed by atoms with E-state index in [0.717, 1.165) is 42.9 Å². The van der Waals surface area contributed by atoms with Crippen LogP contribution < -0.4 is 4.74 Å². The van der Waals surface area contributed by atoms with Crippen molar-refractivity contribution in [2.24, 2.45) is 0 Å². The highest BCUT2D eigenvalue weighted by atomic mass is 16.5. The van der Waals surface area contributed by atoms with Gasteiger partial charge in [0.2, 0.25) is 0 Å². The molecule has 2 rings (SSSR count). The van der Waals surface area contributed by atoms with Crippen molar-refractivity contribution in [3.63, 3.8) is 0 Å². The molecule has 1 unspecified atom stereocenters. The van der Waals surface area contributed by atoms with Crippen LogP contribution in [-0.2, 0) is 11.2 Å². The lowest BCUT2D eigenvalue weighted by Crippen LogP contribution is -2.18. The van der Waals surface area contributed by atoms with Gasteiger partial charge in [0, 0.05) is 18.4 Å². The van der Waals surface area contributed by atoms with Gasteiger partial charge in [-0.05, 0) is 62.1 Å². The molecule has 0 radical (unpaired) electrons. The monoisotopic (exact) mass is 383 g/mol. The van der Waals surface area contributed by atoms with Crippen LogP contribution in [-0.4, -0.2) is 24.3 Å². The van der Waals surface area contributed by atoms with Gasteiger partial charge in [0.25, 0.3) is 0 Å². The van der Waals surface area contributed by atoms with Crippen molar-refractivity contribution in [2.45, 2.75) is 78.2 Å². The molecule has 28 heavy (non-hydrogen) atoms. The first-order valence-corrected chi connectivity index (χ1v) is 11.0. The minimum absolute atomic E-state index is 0.113. The molecular formula is C25H37NO2. The molecule has 154 valence electrons. The van der Waals surface area contributed by atoms with Crippen LogP contribution in [0.2, 0.25) is 0 Å². The summed E-state index contributed by atoms with van der Waals surface area (Å²) in [6.45, 7) is 7.86. The largest absolute Gasteiger partial charge is 0.491 e. The summed E-state index contributed by atoms with van der Waals surface area (Å²) in [4.78, 5) is 4.65. The zero-order valence-electron chi connectivity index (χ0n) is 18.0. The molecule has 1 heterocycles. The fourth-order valence-corrected chi connectivity index (χ4v) is 3.09. The van der Waals surface area contributed by atoms with E-state index in [9.17, 15) is 0 Å². The maximum Gasteiger partial charge on any atom is 0.119 e. The van der Waals surface area contributed by atoms with Crippen molar-refractivity contribution in [2.75, 3.05) is 13.2 Å². The second-order valence-electron chi connectivity index (χ2n) is 7.59. The lowest BCUT2D eigenvalue weighted by atomic mass is 10.1. The number of nitrogens with zero attached hydrogens (tertiary/aromatic N) is 1. The van der Waals surface area contributed by atoms with E-state index in [4.69, 9.17) is 9.47 Å². The van der Waals surface area contributed by atoms with Crippen molar-refractivity contribution in [1.82, 2.24) is 4.98 Å². The first-order valence-electron chi connectivity index (χ1n) is 11.0. The van der Waals surface area contributed by atoms with E-state index in [0.29, 0.717) is 6.61 Å². The SMILES string of the molecule is CCCCCCCc1ccc(-c2ccc(OCC(C)OCCCC)cc2)nc1. The Morgan fingerprint density at radius 1 is 0.857 bits per heavy atom. The highest BCUT2D eigenvalue weighted by Gasteiger charge is 2.05. The molecule has 0 fully saturated rings. The van der Waals surface area contributed by atoms with Crippen molar-refractivity contribution in [3.05, 3.63) is 48.2 Å². The van der Waals surface area contributed by atoms with Crippen LogP contribution in [0.4, 0.5) is 0 Å². The Bertz CT molecular complexity index is 637. The summed E-state index contributed by atoms with van der Waals surface area (Å²) in [6, 6.07) is 12.5. The predicted molar refractivity (Wildman–Crippen MR) is 118 cm³/mol. The quantitative estimate of drug-likeness (QED) is 0.334. The van der Waals surface area contributed by atoms with Crippen LogP contribution in [0.3, 0.4) is 0 Å². The zero-order chi connectivity index (χ0) is 20.0. The smallest absolute Gasteiger partial charge is 0.119 e. The minimum Gasteiger partial charge on any atom is -0.491 e. The minimum atomic E-state index is 0.113. The van der Waals surface area contributed by atoms with Gasteiger partial charge in [-0.25, -0.2) is 0 Å². The van der Waals surface area contributed by atoms with Gasteiger partial charge in [-0.3, -0.25) is 4.98 Å². The van der Waals surface area contributed by atoms with E-state index in [1.54, 1.807) is 0 Å². The van der Waals surface area contributed by atoms with Gasteiger partial charge >= 0.3 is 0 Å². The van der Waals surface area contributed by atoms with Crippen molar-refractivity contribution < 1.29 is 9.47 Å².